The van der Waals surface area contributed by atoms with E-state index in [1.807, 2.05) is 23.6 Å². The molecular weight excluding hydrogens is 362 g/mol. The molecule has 1 aliphatic rings. The predicted molar refractivity (Wildman–Crippen MR) is 108 cm³/mol. The maximum Gasteiger partial charge on any atom is 0.278 e. The Balaban J connectivity index is 2.02. The van der Waals surface area contributed by atoms with Crippen molar-refractivity contribution in [2.24, 2.45) is 5.92 Å². The monoisotopic (exact) mass is 385 g/mol. The van der Waals surface area contributed by atoms with Crippen molar-refractivity contribution < 1.29 is 4.74 Å². The molecule has 1 aliphatic carbocycles. The Hall–Kier alpha value is -2.27. The van der Waals surface area contributed by atoms with Crippen molar-refractivity contribution in [1.29, 1.82) is 0 Å². The summed E-state index contributed by atoms with van der Waals surface area (Å²) in [6, 6.07) is 7.55. The molecule has 3 aromatic rings. The van der Waals surface area contributed by atoms with Crippen molar-refractivity contribution >= 4 is 17.1 Å². The van der Waals surface area contributed by atoms with E-state index in [1.54, 1.807) is 17.7 Å². The van der Waals surface area contributed by atoms with Gasteiger partial charge < -0.3 is 4.74 Å². The topological polar surface area (TPSA) is 48.5 Å². The van der Waals surface area contributed by atoms with Gasteiger partial charge in [0.25, 0.3) is 5.56 Å². The molecular formula is C21H24ClN3O2. The summed E-state index contributed by atoms with van der Waals surface area (Å²) in [5, 5.41) is 5.39. The van der Waals surface area contributed by atoms with Crippen LogP contribution in [0.25, 0.3) is 16.9 Å². The van der Waals surface area contributed by atoms with Crippen molar-refractivity contribution in [3.63, 3.8) is 0 Å². The van der Waals surface area contributed by atoms with E-state index in [2.05, 4.69) is 19.9 Å². The number of fused-ring (bicyclic) bond motifs is 1. The van der Waals surface area contributed by atoms with E-state index in [0.29, 0.717) is 34.6 Å². The van der Waals surface area contributed by atoms with Gasteiger partial charge in [-0.3, -0.25) is 9.36 Å². The van der Waals surface area contributed by atoms with E-state index < -0.39 is 0 Å². The first-order valence-electron chi connectivity index (χ1n) is 9.37. The molecule has 0 amide bonds. The zero-order valence-electron chi connectivity index (χ0n) is 16.1. The van der Waals surface area contributed by atoms with Crippen LogP contribution in [0.2, 0.25) is 5.02 Å². The molecule has 6 heteroatoms. The number of hydrogen-bond donors (Lipinski definition) is 0. The van der Waals surface area contributed by atoms with Gasteiger partial charge in [-0.25, -0.2) is 4.52 Å². The van der Waals surface area contributed by atoms with Crippen LogP contribution in [0.3, 0.4) is 0 Å². The van der Waals surface area contributed by atoms with Gasteiger partial charge >= 0.3 is 0 Å². The zero-order chi connectivity index (χ0) is 19.3. The fourth-order valence-corrected chi connectivity index (χ4v) is 3.80. The van der Waals surface area contributed by atoms with Crippen LogP contribution >= 0.6 is 11.6 Å². The van der Waals surface area contributed by atoms with Gasteiger partial charge in [0.15, 0.2) is 5.82 Å². The molecule has 2 aromatic heterocycles. The molecule has 0 spiro atoms. The molecule has 0 atom stereocenters. The van der Waals surface area contributed by atoms with Crippen LogP contribution in [0.5, 0.6) is 5.75 Å². The third-order valence-electron chi connectivity index (χ3n) is 5.26. The molecule has 4 rings (SSSR count). The van der Waals surface area contributed by atoms with Gasteiger partial charge in [0.2, 0.25) is 0 Å². The number of nitrogens with zero attached hydrogens (tertiary/aromatic N) is 3. The quantitative estimate of drug-likeness (QED) is 0.641. The van der Waals surface area contributed by atoms with Crippen molar-refractivity contribution in [2.75, 3.05) is 7.11 Å². The SMILES string of the molecule is COc1ccc(-c2nn3c(C)cc(C(C)C)c3c(=O)n2CC2CC2)c(Cl)c1. The van der Waals surface area contributed by atoms with Crippen LogP contribution in [-0.2, 0) is 6.54 Å². The molecule has 0 saturated heterocycles. The number of halogens is 1. The molecule has 142 valence electrons. The van der Waals surface area contributed by atoms with Gasteiger partial charge in [-0.1, -0.05) is 25.4 Å². The molecule has 0 N–H and O–H groups in total. The maximum absolute atomic E-state index is 13.5. The summed E-state index contributed by atoms with van der Waals surface area (Å²) in [7, 11) is 1.61. The summed E-state index contributed by atoms with van der Waals surface area (Å²) in [4.78, 5) is 13.5. The number of rotatable bonds is 5. The standard InChI is InChI=1S/C21H24ClN3O2/c1-12(2)17-9-13(3)25-19(17)21(26)24(11-14-5-6-14)20(23-25)16-8-7-15(27-4)10-18(16)22/h7-10,12,14H,5-6,11H2,1-4H3. The summed E-state index contributed by atoms with van der Waals surface area (Å²) in [5.74, 6) is 2.09. The summed E-state index contributed by atoms with van der Waals surface area (Å²) >= 11 is 6.52. The normalized spacial score (nSPS) is 14.3. The third kappa shape index (κ3) is 3.14. The van der Waals surface area contributed by atoms with Crippen LogP contribution in [-0.4, -0.2) is 21.3 Å². The highest BCUT2D eigenvalue weighted by atomic mass is 35.5. The fraction of sp³-hybridized carbons (Fsp3) is 0.429. The average molecular weight is 386 g/mol. The van der Waals surface area contributed by atoms with Crippen molar-refractivity contribution in [2.45, 2.75) is 46.1 Å². The first-order chi connectivity index (χ1) is 12.9. The summed E-state index contributed by atoms with van der Waals surface area (Å²) < 4.78 is 8.84. The lowest BCUT2D eigenvalue weighted by atomic mass is 10.1. The Morgan fingerprint density at radius 1 is 1.30 bits per heavy atom. The Morgan fingerprint density at radius 2 is 2.04 bits per heavy atom. The fourth-order valence-electron chi connectivity index (χ4n) is 3.54. The second kappa shape index (κ2) is 6.71. The van der Waals surface area contributed by atoms with E-state index in [4.69, 9.17) is 21.4 Å². The van der Waals surface area contributed by atoms with Crippen LogP contribution < -0.4 is 10.3 Å². The van der Waals surface area contributed by atoms with E-state index >= 15 is 0 Å². The highest BCUT2D eigenvalue weighted by Crippen LogP contribution is 2.34. The first-order valence-corrected chi connectivity index (χ1v) is 9.75. The average Bonchev–Trinajstić information content (AvgIpc) is 3.39. The molecule has 0 bridgehead atoms. The van der Waals surface area contributed by atoms with Crippen LogP contribution in [0.15, 0.2) is 29.1 Å². The molecule has 5 nitrogen and oxygen atoms in total. The second-order valence-electron chi connectivity index (χ2n) is 7.68. The van der Waals surface area contributed by atoms with Crippen molar-refractivity contribution in [1.82, 2.24) is 14.2 Å². The van der Waals surface area contributed by atoms with E-state index in [-0.39, 0.29) is 11.5 Å². The van der Waals surface area contributed by atoms with Crippen LogP contribution in [0.1, 0.15) is 43.9 Å². The zero-order valence-corrected chi connectivity index (χ0v) is 16.9. The van der Waals surface area contributed by atoms with Gasteiger partial charge in [0.1, 0.15) is 11.3 Å². The Morgan fingerprint density at radius 3 is 2.63 bits per heavy atom. The van der Waals surface area contributed by atoms with Crippen molar-refractivity contribution in [3.8, 4) is 17.1 Å². The lowest BCUT2D eigenvalue weighted by molar-refractivity contribution is 0.415. The largest absolute Gasteiger partial charge is 0.497 e. The lowest BCUT2D eigenvalue weighted by Gasteiger charge is -2.15. The maximum atomic E-state index is 13.5. The molecule has 2 heterocycles. The Bertz CT molecular complexity index is 1080. The Labute approximate surface area is 163 Å². The Kier molecular flexibility index (Phi) is 4.50. The first kappa shape index (κ1) is 18.1. The van der Waals surface area contributed by atoms with E-state index in [9.17, 15) is 4.79 Å². The number of aryl methyl sites for hydroxylation is 1. The second-order valence-corrected chi connectivity index (χ2v) is 8.09. The smallest absolute Gasteiger partial charge is 0.278 e. The van der Waals surface area contributed by atoms with Crippen LogP contribution in [0, 0.1) is 12.8 Å². The number of aromatic nitrogens is 3. The van der Waals surface area contributed by atoms with E-state index in [1.165, 1.54) is 0 Å². The molecule has 1 fully saturated rings. The van der Waals surface area contributed by atoms with E-state index in [0.717, 1.165) is 29.7 Å². The third-order valence-corrected chi connectivity index (χ3v) is 5.57. The van der Waals surface area contributed by atoms with Gasteiger partial charge in [-0.15, -0.1) is 5.10 Å². The van der Waals surface area contributed by atoms with Gasteiger partial charge in [0, 0.05) is 17.8 Å². The minimum Gasteiger partial charge on any atom is -0.497 e. The molecule has 0 radical (unpaired) electrons. The summed E-state index contributed by atoms with van der Waals surface area (Å²) in [6.07, 6.45) is 2.31. The lowest BCUT2D eigenvalue weighted by Crippen LogP contribution is -2.27. The number of benzene rings is 1. The highest BCUT2D eigenvalue weighted by molar-refractivity contribution is 6.33. The minimum absolute atomic E-state index is 0.00980. The van der Waals surface area contributed by atoms with Crippen molar-refractivity contribution in [3.05, 3.63) is 50.9 Å². The molecule has 1 saturated carbocycles. The molecule has 27 heavy (non-hydrogen) atoms. The predicted octanol–water partition coefficient (Wildman–Crippen LogP) is 4.67. The summed E-state index contributed by atoms with van der Waals surface area (Å²) in [6.45, 7) is 6.87. The molecule has 0 unspecified atom stereocenters. The number of methoxy groups -OCH3 is 1. The van der Waals surface area contributed by atoms with Gasteiger partial charge in [0.05, 0.1) is 12.1 Å². The molecule has 1 aromatic carbocycles. The highest BCUT2D eigenvalue weighted by Gasteiger charge is 2.27. The van der Waals surface area contributed by atoms with Gasteiger partial charge in [-0.2, -0.15) is 0 Å². The molecule has 0 aliphatic heterocycles. The minimum atomic E-state index is 0.00980. The number of hydrogen-bond acceptors (Lipinski definition) is 3. The van der Waals surface area contributed by atoms with Gasteiger partial charge in [-0.05, 0) is 61.4 Å². The van der Waals surface area contributed by atoms with Crippen LogP contribution in [0.4, 0.5) is 0 Å². The summed E-state index contributed by atoms with van der Waals surface area (Å²) in [5.41, 5.74) is 3.43. The number of ether oxygens (including phenoxy) is 1.